The van der Waals surface area contributed by atoms with Crippen molar-refractivity contribution in [3.63, 3.8) is 0 Å². The summed E-state index contributed by atoms with van der Waals surface area (Å²) >= 11 is 3.27. The zero-order valence-corrected chi connectivity index (χ0v) is 8.39. The molecule has 1 spiro atoms. The Morgan fingerprint density at radius 3 is 3.00 bits per heavy atom. The van der Waals surface area contributed by atoms with E-state index in [1.54, 1.807) is 0 Å². The molecule has 0 radical (unpaired) electrons. The number of Topliss-reactive ketones (excluding diaryl/α,β-unsaturated/α-hetero) is 1. The number of hydrogen-bond donors (Lipinski definition) is 0. The van der Waals surface area contributed by atoms with Gasteiger partial charge in [0.15, 0.2) is 0 Å². The van der Waals surface area contributed by atoms with Crippen LogP contribution in [0.4, 0.5) is 0 Å². The van der Waals surface area contributed by atoms with Gasteiger partial charge in [0.05, 0.1) is 4.48 Å². The van der Waals surface area contributed by atoms with E-state index >= 15 is 0 Å². The quantitative estimate of drug-likeness (QED) is 0.638. The predicted octanol–water partition coefficient (Wildman–Crippen LogP) is 2.18. The molecule has 1 aliphatic heterocycles. The van der Waals surface area contributed by atoms with Gasteiger partial charge in [-0.05, 0) is 41.6 Å². The van der Waals surface area contributed by atoms with Gasteiger partial charge in [-0.2, -0.15) is 0 Å². The molecule has 1 unspecified atom stereocenters. The molecule has 0 aromatic carbocycles. The van der Waals surface area contributed by atoms with Crippen LogP contribution in [0.25, 0.3) is 0 Å². The van der Waals surface area contributed by atoms with Crippen molar-refractivity contribution in [2.24, 2.45) is 0 Å². The van der Waals surface area contributed by atoms with E-state index in [0.29, 0.717) is 4.48 Å². The summed E-state index contributed by atoms with van der Waals surface area (Å²) in [6, 6.07) is 0. The molecule has 2 aliphatic rings. The van der Waals surface area contributed by atoms with Crippen molar-refractivity contribution in [2.75, 3.05) is 6.61 Å². The SMILES string of the molecule is O=C1C(Br)=CCCC12CCCO2. The van der Waals surface area contributed by atoms with E-state index in [1.807, 2.05) is 6.08 Å². The highest BCUT2D eigenvalue weighted by Gasteiger charge is 2.44. The summed E-state index contributed by atoms with van der Waals surface area (Å²) in [5, 5.41) is 0. The van der Waals surface area contributed by atoms with Crippen LogP contribution in [0.2, 0.25) is 0 Å². The van der Waals surface area contributed by atoms with Crippen molar-refractivity contribution < 1.29 is 9.53 Å². The van der Waals surface area contributed by atoms with E-state index in [1.165, 1.54) is 0 Å². The Morgan fingerprint density at radius 1 is 1.50 bits per heavy atom. The highest BCUT2D eigenvalue weighted by Crippen LogP contribution is 2.38. The maximum absolute atomic E-state index is 11.7. The van der Waals surface area contributed by atoms with Gasteiger partial charge in [-0.25, -0.2) is 0 Å². The van der Waals surface area contributed by atoms with Crippen LogP contribution in [-0.2, 0) is 9.53 Å². The summed E-state index contributed by atoms with van der Waals surface area (Å²) in [4.78, 5) is 11.7. The van der Waals surface area contributed by atoms with Gasteiger partial charge in [-0.3, -0.25) is 4.79 Å². The number of halogens is 1. The van der Waals surface area contributed by atoms with Gasteiger partial charge in [0.1, 0.15) is 5.60 Å². The Hall–Kier alpha value is -0.150. The number of rotatable bonds is 0. The Labute approximate surface area is 80.1 Å². The third-order valence-corrected chi connectivity index (χ3v) is 3.29. The van der Waals surface area contributed by atoms with Gasteiger partial charge in [-0.1, -0.05) is 6.08 Å². The second-order valence-corrected chi connectivity index (χ2v) is 4.22. The van der Waals surface area contributed by atoms with Gasteiger partial charge in [0.25, 0.3) is 0 Å². The third-order valence-electron chi connectivity index (χ3n) is 2.61. The Bertz CT molecular complexity index is 239. The van der Waals surface area contributed by atoms with Crippen LogP contribution in [0.5, 0.6) is 0 Å². The lowest BCUT2D eigenvalue weighted by molar-refractivity contribution is -0.135. The molecule has 0 aromatic rings. The van der Waals surface area contributed by atoms with Crippen molar-refractivity contribution in [3.05, 3.63) is 10.6 Å². The molecule has 1 saturated heterocycles. The molecule has 3 heteroatoms. The molecule has 1 atom stereocenters. The van der Waals surface area contributed by atoms with E-state index in [0.717, 1.165) is 32.3 Å². The van der Waals surface area contributed by atoms with E-state index < -0.39 is 5.60 Å². The summed E-state index contributed by atoms with van der Waals surface area (Å²) in [5.41, 5.74) is -0.451. The fourth-order valence-corrected chi connectivity index (χ4v) is 2.52. The standard InChI is InChI=1S/C9H11BrO2/c10-7-3-1-4-9(8(7)11)5-2-6-12-9/h3H,1-2,4-6H2. The molecule has 0 amide bonds. The molecule has 1 aliphatic carbocycles. The molecule has 12 heavy (non-hydrogen) atoms. The monoisotopic (exact) mass is 230 g/mol. The van der Waals surface area contributed by atoms with Crippen LogP contribution in [0.15, 0.2) is 10.6 Å². The zero-order valence-electron chi connectivity index (χ0n) is 6.81. The smallest absolute Gasteiger partial charge is 0.201 e. The van der Waals surface area contributed by atoms with Crippen LogP contribution in [0.1, 0.15) is 25.7 Å². The normalized spacial score (nSPS) is 35.8. The predicted molar refractivity (Wildman–Crippen MR) is 49.2 cm³/mol. The van der Waals surface area contributed by atoms with E-state index in [9.17, 15) is 4.79 Å². The van der Waals surface area contributed by atoms with Gasteiger partial charge < -0.3 is 4.74 Å². The van der Waals surface area contributed by atoms with Gasteiger partial charge >= 0.3 is 0 Å². The van der Waals surface area contributed by atoms with E-state index in [-0.39, 0.29) is 5.78 Å². The van der Waals surface area contributed by atoms with Crippen molar-refractivity contribution in [1.29, 1.82) is 0 Å². The fourth-order valence-electron chi connectivity index (χ4n) is 1.93. The average molecular weight is 231 g/mol. The second kappa shape index (κ2) is 2.96. The molecule has 2 rings (SSSR count). The number of ketones is 1. The van der Waals surface area contributed by atoms with E-state index in [2.05, 4.69) is 15.9 Å². The molecule has 0 aromatic heterocycles. The lowest BCUT2D eigenvalue weighted by atomic mass is 9.86. The Balaban J connectivity index is 2.27. The van der Waals surface area contributed by atoms with Gasteiger partial charge in [0.2, 0.25) is 5.78 Å². The fraction of sp³-hybridized carbons (Fsp3) is 0.667. The van der Waals surface area contributed by atoms with Gasteiger partial charge in [-0.15, -0.1) is 0 Å². The number of ether oxygens (including phenoxy) is 1. The molecular formula is C9H11BrO2. The highest BCUT2D eigenvalue weighted by atomic mass is 79.9. The first-order valence-electron chi connectivity index (χ1n) is 4.29. The third kappa shape index (κ3) is 1.15. The lowest BCUT2D eigenvalue weighted by Crippen LogP contribution is -2.39. The van der Waals surface area contributed by atoms with Crippen LogP contribution < -0.4 is 0 Å². The van der Waals surface area contributed by atoms with E-state index in [4.69, 9.17) is 4.74 Å². The summed E-state index contributed by atoms with van der Waals surface area (Å²) in [6.07, 6.45) is 5.67. The molecule has 1 heterocycles. The molecule has 1 fully saturated rings. The van der Waals surface area contributed by atoms with Gasteiger partial charge in [0, 0.05) is 6.61 Å². The molecular weight excluding hydrogens is 220 g/mol. The van der Waals surface area contributed by atoms with Crippen molar-refractivity contribution >= 4 is 21.7 Å². The zero-order chi connectivity index (χ0) is 8.60. The number of carbonyl (C=O) groups is 1. The maximum Gasteiger partial charge on any atom is 0.201 e. The second-order valence-electron chi connectivity index (χ2n) is 3.37. The maximum atomic E-state index is 11.7. The van der Waals surface area contributed by atoms with Crippen molar-refractivity contribution in [1.82, 2.24) is 0 Å². The topological polar surface area (TPSA) is 26.3 Å². The average Bonchev–Trinajstić information content (AvgIpc) is 2.50. The first kappa shape index (κ1) is 8.45. The minimum absolute atomic E-state index is 0.145. The summed E-state index contributed by atoms with van der Waals surface area (Å²) in [5.74, 6) is 0.145. The van der Waals surface area contributed by atoms with Crippen LogP contribution in [0.3, 0.4) is 0 Å². The molecule has 0 saturated carbocycles. The number of allylic oxidation sites excluding steroid dienone is 1. The van der Waals surface area contributed by atoms with Crippen molar-refractivity contribution in [3.8, 4) is 0 Å². The minimum atomic E-state index is -0.451. The Kier molecular flexibility index (Phi) is 2.09. The number of carbonyl (C=O) groups excluding carboxylic acids is 1. The molecule has 0 bridgehead atoms. The first-order valence-corrected chi connectivity index (χ1v) is 5.08. The minimum Gasteiger partial charge on any atom is -0.367 e. The summed E-state index contributed by atoms with van der Waals surface area (Å²) in [7, 11) is 0. The number of hydrogen-bond acceptors (Lipinski definition) is 2. The van der Waals surface area contributed by atoms with Crippen LogP contribution in [0, 0.1) is 0 Å². The van der Waals surface area contributed by atoms with Crippen LogP contribution in [-0.4, -0.2) is 18.0 Å². The molecule has 66 valence electrons. The largest absolute Gasteiger partial charge is 0.367 e. The van der Waals surface area contributed by atoms with Crippen LogP contribution >= 0.6 is 15.9 Å². The first-order chi connectivity index (χ1) is 5.75. The Morgan fingerprint density at radius 2 is 2.33 bits per heavy atom. The lowest BCUT2D eigenvalue weighted by Gasteiger charge is -2.29. The summed E-state index contributed by atoms with van der Waals surface area (Å²) in [6.45, 7) is 0.742. The highest BCUT2D eigenvalue weighted by molar-refractivity contribution is 9.12. The summed E-state index contributed by atoms with van der Waals surface area (Å²) < 4.78 is 6.25. The molecule has 2 nitrogen and oxygen atoms in total. The van der Waals surface area contributed by atoms with Crippen molar-refractivity contribution in [2.45, 2.75) is 31.3 Å². The molecule has 0 N–H and O–H groups in total.